The van der Waals surface area contributed by atoms with E-state index in [1.54, 1.807) is 59.6 Å². The van der Waals surface area contributed by atoms with Gasteiger partial charge in [-0.05, 0) is 53.6 Å². The summed E-state index contributed by atoms with van der Waals surface area (Å²) in [4.78, 5) is 43.3. The predicted octanol–water partition coefficient (Wildman–Crippen LogP) is 7.16. The van der Waals surface area contributed by atoms with Crippen molar-refractivity contribution in [3.05, 3.63) is 114 Å². The summed E-state index contributed by atoms with van der Waals surface area (Å²) in [5.41, 5.74) is 3.45. The number of pyridine rings is 1. The summed E-state index contributed by atoms with van der Waals surface area (Å²) in [7, 11) is 5.88. The van der Waals surface area contributed by atoms with Gasteiger partial charge < -0.3 is 23.7 Å². The van der Waals surface area contributed by atoms with Crippen LogP contribution in [0.15, 0.2) is 91.4 Å². The Bertz CT molecular complexity index is 1990. The predicted molar refractivity (Wildman–Crippen MR) is 183 cm³/mol. The van der Waals surface area contributed by atoms with Gasteiger partial charge in [0.15, 0.2) is 28.8 Å². The van der Waals surface area contributed by atoms with Gasteiger partial charge in [-0.25, -0.2) is 0 Å². The van der Waals surface area contributed by atoms with E-state index in [1.165, 1.54) is 34.5 Å². The van der Waals surface area contributed by atoms with Gasteiger partial charge in [0.1, 0.15) is 0 Å². The second kappa shape index (κ2) is 15.4. The molecule has 0 saturated heterocycles. The fraction of sp³-hybridized carbons (Fsp3) is 0.158. The third-order valence-corrected chi connectivity index (χ3v) is 7.48. The molecular weight excluding hydrogens is 612 g/mol. The molecule has 0 spiro atoms. The number of nitrogens with zero attached hydrogens (tertiary/aromatic N) is 2. The lowest BCUT2D eigenvalue weighted by atomic mass is 10.1. The van der Waals surface area contributed by atoms with Crippen LogP contribution in [0.25, 0.3) is 29.1 Å². The highest BCUT2D eigenvalue weighted by molar-refractivity contribution is 6.07. The van der Waals surface area contributed by atoms with Crippen LogP contribution in [0, 0.1) is 0 Å². The largest absolute Gasteiger partial charge is 0.493 e. The molecule has 0 unspecified atom stereocenters. The van der Waals surface area contributed by atoms with Gasteiger partial charge in [-0.1, -0.05) is 48.6 Å². The first-order valence-electron chi connectivity index (χ1n) is 15.0. The van der Waals surface area contributed by atoms with Gasteiger partial charge in [0.25, 0.3) is 0 Å². The van der Waals surface area contributed by atoms with E-state index in [1.807, 2.05) is 48.6 Å². The standard InChI is InChI=1S/C38H34N2O8/c1-44-32-16-13-25(12-15-31(41)28-21-34(45-2)38(47-4)35(22-28)46-3)20-33(32)48-37(43)18-17-36(42)40-24-27(29-9-5-6-10-30(29)40)14-11-26-8-7-19-39-23-26/h5-16,19-24H,17-18H2,1-4H3/b14-11+,15-12+. The zero-order valence-corrected chi connectivity index (χ0v) is 27.0. The SMILES string of the molecule is COc1ccc(/C=C/C(=O)c2cc(OC)c(OC)c(OC)c2)cc1OC(=O)CCC(=O)n1cc(/C=C/c2cccnc2)c2ccccc21. The number of methoxy groups -OCH3 is 4. The van der Waals surface area contributed by atoms with Crippen molar-refractivity contribution in [1.29, 1.82) is 0 Å². The van der Waals surface area contributed by atoms with Crippen molar-refractivity contribution in [3.8, 4) is 28.7 Å². The number of ether oxygens (including phenoxy) is 5. The molecule has 244 valence electrons. The maximum Gasteiger partial charge on any atom is 0.311 e. The number of hydrogen-bond acceptors (Lipinski definition) is 9. The number of para-hydroxylation sites is 1. The Kier molecular flexibility index (Phi) is 10.7. The summed E-state index contributed by atoms with van der Waals surface area (Å²) >= 11 is 0. The molecule has 0 bridgehead atoms. The Balaban J connectivity index is 1.27. The maximum absolute atomic E-state index is 13.3. The van der Waals surface area contributed by atoms with E-state index in [-0.39, 0.29) is 30.3 Å². The quantitative estimate of drug-likeness (QED) is 0.0569. The number of rotatable bonds is 13. The zero-order valence-electron chi connectivity index (χ0n) is 27.0. The second-order valence-corrected chi connectivity index (χ2v) is 10.5. The molecule has 48 heavy (non-hydrogen) atoms. The van der Waals surface area contributed by atoms with Gasteiger partial charge in [-0.3, -0.25) is 23.9 Å². The molecule has 0 aliphatic heterocycles. The van der Waals surface area contributed by atoms with Crippen molar-refractivity contribution in [3.63, 3.8) is 0 Å². The van der Waals surface area contributed by atoms with Crippen molar-refractivity contribution in [2.45, 2.75) is 12.8 Å². The Morgan fingerprint density at radius 3 is 2.17 bits per heavy atom. The Morgan fingerprint density at radius 1 is 0.729 bits per heavy atom. The van der Waals surface area contributed by atoms with Crippen LogP contribution >= 0.6 is 0 Å². The number of allylic oxidation sites excluding steroid dienone is 1. The van der Waals surface area contributed by atoms with E-state index in [2.05, 4.69) is 4.98 Å². The van der Waals surface area contributed by atoms with Gasteiger partial charge in [0, 0.05) is 41.5 Å². The highest BCUT2D eigenvalue weighted by Crippen LogP contribution is 2.38. The normalized spacial score (nSPS) is 11.2. The molecule has 3 aromatic carbocycles. The first-order chi connectivity index (χ1) is 23.3. The molecule has 0 radical (unpaired) electrons. The van der Waals surface area contributed by atoms with Gasteiger partial charge >= 0.3 is 5.97 Å². The number of benzene rings is 3. The summed E-state index contributed by atoms with van der Waals surface area (Å²) in [6.07, 6.45) is 11.8. The summed E-state index contributed by atoms with van der Waals surface area (Å²) in [6, 6.07) is 19.4. The highest BCUT2D eigenvalue weighted by Gasteiger charge is 2.18. The molecular formula is C38H34N2O8. The van der Waals surface area contributed by atoms with Crippen molar-refractivity contribution in [1.82, 2.24) is 9.55 Å². The Morgan fingerprint density at radius 2 is 1.48 bits per heavy atom. The number of ketones is 1. The Hall–Kier alpha value is -6.16. The minimum Gasteiger partial charge on any atom is -0.493 e. The molecule has 0 aliphatic rings. The molecule has 2 aromatic heterocycles. The smallest absolute Gasteiger partial charge is 0.311 e. The first kappa shape index (κ1) is 33.2. The van der Waals surface area contributed by atoms with E-state index in [4.69, 9.17) is 23.7 Å². The number of carbonyl (C=O) groups excluding carboxylic acids is 3. The lowest BCUT2D eigenvalue weighted by Gasteiger charge is -2.13. The van der Waals surface area contributed by atoms with Crippen LogP contribution in [0.2, 0.25) is 0 Å². The van der Waals surface area contributed by atoms with Gasteiger partial charge in [0.05, 0.1) is 40.4 Å². The fourth-order valence-corrected chi connectivity index (χ4v) is 5.08. The molecule has 2 heterocycles. The second-order valence-electron chi connectivity index (χ2n) is 10.5. The highest BCUT2D eigenvalue weighted by atomic mass is 16.6. The molecule has 0 N–H and O–H groups in total. The number of hydrogen-bond donors (Lipinski definition) is 0. The summed E-state index contributed by atoms with van der Waals surface area (Å²) in [5.74, 6) is 0.403. The van der Waals surface area contributed by atoms with Crippen LogP contribution < -0.4 is 23.7 Å². The topological polar surface area (TPSA) is 115 Å². The van der Waals surface area contributed by atoms with Gasteiger partial charge in [0.2, 0.25) is 11.7 Å². The molecule has 5 rings (SSSR count). The number of fused-ring (bicyclic) bond motifs is 1. The molecule has 10 nitrogen and oxygen atoms in total. The van der Waals surface area contributed by atoms with E-state index in [0.717, 1.165) is 22.0 Å². The van der Waals surface area contributed by atoms with Crippen LogP contribution in [-0.4, -0.2) is 55.6 Å². The minimum absolute atomic E-state index is 0.0749. The number of aromatic nitrogens is 2. The molecule has 0 fully saturated rings. The Labute approximate surface area is 277 Å². The van der Waals surface area contributed by atoms with Crippen molar-refractivity contribution < 1.29 is 38.1 Å². The van der Waals surface area contributed by atoms with E-state index in [0.29, 0.717) is 34.1 Å². The average Bonchev–Trinajstić information content (AvgIpc) is 3.50. The van der Waals surface area contributed by atoms with Crippen LogP contribution in [0.5, 0.6) is 28.7 Å². The lowest BCUT2D eigenvalue weighted by molar-refractivity contribution is -0.134. The van der Waals surface area contributed by atoms with E-state index in [9.17, 15) is 14.4 Å². The summed E-state index contributed by atoms with van der Waals surface area (Å²) in [6.45, 7) is 0. The molecule has 0 amide bonds. The fourth-order valence-electron chi connectivity index (χ4n) is 5.08. The lowest BCUT2D eigenvalue weighted by Crippen LogP contribution is -2.15. The van der Waals surface area contributed by atoms with Crippen molar-refractivity contribution in [2.24, 2.45) is 0 Å². The monoisotopic (exact) mass is 646 g/mol. The number of esters is 1. The van der Waals surface area contributed by atoms with Crippen molar-refractivity contribution in [2.75, 3.05) is 28.4 Å². The van der Waals surface area contributed by atoms with E-state index >= 15 is 0 Å². The molecule has 0 atom stereocenters. The van der Waals surface area contributed by atoms with Crippen molar-refractivity contribution >= 4 is 46.8 Å². The van der Waals surface area contributed by atoms with Gasteiger partial charge in [-0.15, -0.1) is 0 Å². The average molecular weight is 647 g/mol. The van der Waals surface area contributed by atoms with Crippen LogP contribution in [0.3, 0.4) is 0 Å². The summed E-state index contributed by atoms with van der Waals surface area (Å²) < 4.78 is 28.6. The minimum atomic E-state index is -0.607. The van der Waals surface area contributed by atoms with Crippen LogP contribution in [0.1, 0.15) is 44.7 Å². The first-order valence-corrected chi connectivity index (χ1v) is 15.0. The van der Waals surface area contributed by atoms with Gasteiger partial charge in [-0.2, -0.15) is 0 Å². The van der Waals surface area contributed by atoms with Crippen LogP contribution in [-0.2, 0) is 4.79 Å². The molecule has 10 heteroatoms. The molecule has 0 aliphatic carbocycles. The summed E-state index contributed by atoms with van der Waals surface area (Å²) in [5, 5.41) is 0.909. The molecule has 0 saturated carbocycles. The zero-order chi connectivity index (χ0) is 34.0. The maximum atomic E-state index is 13.3. The third-order valence-electron chi connectivity index (χ3n) is 7.48. The molecule has 5 aromatic rings. The number of carbonyl (C=O) groups is 3. The van der Waals surface area contributed by atoms with E-state index < -0.39 is 5.97 Å². The van der Waals surface area contributed by atoms with Crippen LogP contribution in [0.4, 0.5) is 0 Å². The third kappa shape index (κ3) is 7.61.